The van der Waals surface area contributed by atoms with Gasteiger partial charge in [0.25, 0.3) is 0 Å². The SMILES string of the molecule is CCc1nc(Cn2cc(CNC(C)C)nn2)cs1. The summed E-state index contributed by atoms with van der Waals surface area (Å²) in [5.41, 5.74) is 2.03. The summed E-state index contributed by atoms with van der Waals surface area (Å²) in [6.45, 7) is 7.81. The van der Waals surface area contributed by atoms with Crippen LogP contribution in [0.3, 0.4) is 0 Å². The molecule has 0 aliphatic rings. The number of thiazole rings is 1. The third-order valence-electron chi connectivity index (χ3n) is 2.50. The first kappa shape index (κ1) is 13.2. The summed E-state index contributed by atoms with van der Waals surface area (Å²) in [7, 11) is 0. The van der Waals surface area contributed by atoms with Crippen molar-refractivity contribution in [3.05, 3.63) is 28.0 Å². The van der Waals surface area contributed by atoms with Crippen LogP contribution in [0.25, 0.3) is 0 Å². The van der Waals surface area contributed by atoms with Crippen molar-refractivity contribution in [1.82, 2.24) is 25.3 Å². The molecule has 0 atom stereocenters. The average Bonchev–Trinajstić information content (AvgIpc) is 2.96. The first-order chi connectivity index (χ1) is 8.67. The fourth-order valence-electron chi connectivity index (χ4n) is 1.56. The molecule has 0 aromatic carbocycles. The Morgan fingerprint density at radius 2 is 2.22 bits per heavy atom. The molecule has 0 radical (unpaired) electrons. The fourth-order valence-corrected chi connectivity index (χ4v) is 2.29. The molecule has 2 aromatic rings. The molecule has 2 rings (SSSR count). The second-order valence-electron chi connectivity index (χ2n) is 4.53. The molecular formula is C12H19N5S. The second kappa shape index (κ2) is 6.06. The molecule has 98 valence electrons. The highest BCUT2D eigenvalue weighted by molar-refractivity contribution is 7.09. The zero-order valence-corrected chi connectivity index (χ0v) is 11.9. The van der Waals surface area contributed by atoms with Crippen LogP contribution in [0.5, 0.6) is 0 Å². The van der Waals surface area contributed by atoms with Crippen LogP contribution in [0.1, 0.15) is 37.2 Å². The van der Waals surface area contributed by atoms with Crippen molar-refractivity contribution >= 4 is 11.3 Å². The lowest BCUT2D eigenvalue weighted by Gasteiger charge is -2.04. The van der Waals surface area contributed by atoms with Crippen LogP contribution in [-0.2, 0) is 19.5 Å². The molecule has 0 amide bonds. The minimum absolute atomic E-state index is 0.459. The number of aromatic nitrogens is 4. The second-order valence-corrected chi connectivity index (χ2v) is 5.47. The van der Waals surface area contributed by atoms with Gasteiger partial charge in [-0.2, -0.15) is 0 Å². The highest BCUT2D eigenvalue weighted by Crippen LogP contribution is 2.11. The number of aryl methyl sites for hydroxylation is 1. The van der Waals surface area contributed by atoms with Crippen LogP contribution in [0.2, 0.25) is 0 Å². The summed E-state index contributed by atoms with van der Waals surface area (Å²) in [6, 6.07) is 0.459. The van der Waals surface area contributed by atoms with Gasteiger partial charge in [-0.1, -0.05) is 26.0 Å². The van der Waals surface area contributed by atoms with E-state index in [1.165, 1.54) is 5.01 Å². The quantitative estimate of drug-likeness (QED) is 0.866. The topological polar surface area (TPSA) is 55.6 Å². The third kappa shape index (κ3) is 3.61. The van der Waals surface area contributed by atoms with E-state index in [-0.39, 0.29) is 0 Å². The van der Waals surface area contributed by atoms with E-state index in [0.717, 1.165) is 24.4 Å². The van der Waals surface area contributed by atoms with Gasteiger partial charge >= 0.3 is 0 Å². The molecule has 0 aliphatic carbocycles. The number of hydrogen-bond donors (Lipinski definition) is 1. The minimum atomic E-state index is 0.459. The largest absolute Gasteiger partial charge is 0.309 e. The average molecular weight is 265 g/mol. The maximum absolute atomic E-state index is 4.52. The van der Waals surface area contributed by atoms with E-state index < -0.39 is 0 Å². The van der Waals surface area contributed by atoms with Crippen molar-refractivity contribution in [3.8, 4) is 0 Å². The molecular weight excluding hydrogens is 246 g/mol. The van der Waals surface area contributed by atoms with Crippen molar-refractivity contribution in [1.29, 1.82) is 0 Å². The van der Waals surface area contributed by atoms with Crippen molar-refractivity contribution in [2.75, 3.05) is 0 Å². The van der Waals surface area contributed by atoms with E-state index in [1.54, 1.807) is 11.3 Å². The lowest BCUT2D eigenvalue weighted by atomic mass is 10.3. The molecule has 0 spiro atoms. The number of rotatable bonds is 6. The van der Waals surface area contributed by atoms with Crippen molar-refractivity contribution < 1.29 is 0 Å². The van der Waals surface area contributed by atoms with E-state index in [4.69, 9.17) is 0 Å². The smallest absolute Gasteiger partial charge is 0.0965 e. The minimum Gasteiger partial charge on any atom is -0.309 e. The summed E-state index contributed by atoms with van der Waals surface area (Å²) >= 11 is 1.70. The summed E-state index contributed by atoms with van der Waals surface area (Å²) in [4.78, 5) is 4.52. The van der Waals surface area contributed by atoms with Crippen LogP contribution in [0.4, 0.5) is 0 Å². The van der Waals surface area contributed by atoms with E-state index in [9.17, 15) is 0 Å². The summed E-state index contributed by atoms with van der Waals surface area (Å²) in [5.74, 6) is 0. The Hall–Kier alpha value is -1.27. The molecule has 0 fully saturated rings. The predicted molar refractivity (Wildman–Crippen MR) is 72.6 cm³/mol. The van der Waals surface area contributed by atoms with Gasteiger partial charge < -0.3 is 5.32 Å². The van der Waals surface area contributed by atoms with E-state index >= 15 is 0 Å². The molecule has 2 aromatic heterocycles. The van der Waals surface area contributed by atoms with Crippen molar-refractivity contribution in [3.63, 3.8) is 0 Å². The summed E-state index contributed by atoms with van der Waals surface area (Å²) in [5, 5.41) is 14.8. The lowest BCUT2D eigenvalue weighted by Crippen LogP contribution is -2.21. The molecule has 0 bridgehead atoms. The Labute approximate surface area is 111 Å². The van der Waals surface area contributed by atoms with Gasteiger partial charge in [-0.25, -0.2) is 9.67 Å². The molecule has 5 nitrogen and oxygen atoms in total. The van der Waals surface area contributed by atoms with E-state index in [2.05, 4.69) is 46.8 Å². The molecule has 0 saturated carbocycles. The third-order valence-corrected chi connectivity index (χ3v) is 3.55. The molecule has 0 unspecified atom stereocenters. The van der Waals surface area contributed by atoms with Gasteiger partial charge in [0.05, 0.1) is 29.1 Å². The predicted octanol–water partition coefficient (Wildman–Crippen LogP) is 1.84. The highest BCUT2D eigenvalue weighted by atomic mass is 32.1. The van der Waals surface area contributed by atoms with Gasteiger partial charge in [0.15, 0.2) is 0 Å². The number of nitrogens with zero attached hydrogens (tertiary/aromatic N) is 4. The van der Waals surface area contributed by atoms with Gasteiger partial charge in [-0.3, -0.25) is 0 Å². The standard InChI is InChI=1S/C12H19N5S/c1-4-12-14-11(8-18-12)7-17-6-10(15-16-17)5-13-9(2)3/h6,8-9,13H,4-5,7H2,1-3H3. The van der Waals surface area contributed by atoms with Crippen LogP contribution >= 0.6 is 11.3 Å². The number of hydrogen-bond acceptors (Lipinski definition) is 5. The first-order valence-corrected chi connectivity index (χ1v) is 7.11. The molecule has 2 heterocycles. The number of nitrogens with one attached hydrogen (secondary N) is 1. The zero-order valence-electron chi connectivity index (χ0n) is 11.1. The Morgan fingerprint density at radius 3 is 2.89 bits per heavy atom. The van der Waals surface area contributed by atoms with Gasteiger partial charge in [0.1, 0.15) is 0 Å². The fraction of sp³-hybridized carbons (Fsp3) is 0.583. The van der Waals surface area contributed by atoms with Crippen LogP contribution in [0.15, 0.2) is 11.6 Å². The monoisotopic (exact) mass is 265 g/mol. The van der Waals surface area contributed by atoms with Gasteiger partial charge in [-0.05, 0) is 6.42 Å². The molecule has 1 N–H and O–H groups in total. The van der Waals surface area contributed by atoms with Crippen molar-refractivity contribution in [2.24, 2.45) is 0 Å². The maximum atomic E-state index is 4.52. The zero-order chi connectivity index (χ0) is 13.0. The van der Waals surface area contributed by atoms with Gasteiger partial charge in [-0.15, -0.1) is 16.4 Å². The molecule has 6 heteroatoms. The lowest BCUT2D eigenvalue weighted by molar-refractivity contribution is 0.580. The Kier molecular flexibility index (Phi) is 4.43. The van der Waals surface area contributed by atoms with Crippen LogP contribution in [0, 0.1) is 0 Å². The van der Waals surface area contributed by atoms with Crippen LogP contribution < -0.4 is 5.32 Å². The molecule has 0 saturated heterocycles. The Balaban J connectivity index is 1.93. The maximum Gasteiger partial charge on any atom is 0.0965 e. The summed E-state index contributed by atoms with van der Waals surface area (Å²) < 4.78 is 1.84. The van der Waals surface area contributed by atoms with Gasteiger partial charge in [0.2, 0.25) is 0 Å². The molecule has 0 aliphatic heterocycles. The van der Waals surface area contributed by atoms with E-state index in [0.29, 0.717) is 12.6 Å². The highest BCUT2D eigenvalue weighted by Gasteiger charge is 2.05. The van der Waals surface area contributed by atoms with Crippen LogP contribution in [-0.4, -0.2) is 26.0 Å². The Bertz CT molecular complexity index is 488. The first-order valence-electron chi connectivity index (χ1n) is 6.23. The normalized spacial score (nSPS) is 11.3. The van der Waals surface area contributed by atoms with E-state index in [1.807, 2.05) is 10.9 Å². The Morgan fingerprint density at radius 1 is 1.39 bits per heavy atom. The molecule has 18 heavy (non-hydrogen) atoms. The van der Waals surface area contributed by atoms with Crippen molar-refractivity contribution in [2.45, 2.75) is 46.3 Å². The van der Waals surface area contributed by atoms with Gasteiger partial charge in [0, 0.05) is 18.0 Å². The summed E-state index contributed by atoms with van der Waals surface area (Å²) in [6.07, 6.45) is 2.96.